The summed E-state index contributed by atoms with van der Waals surface area (Å²) in [6, 6.07) is 7.48. The van der Waals surface area contributed by atoms with E-state index in [0.29, 0.717) is 18.9 Å². The molecular formula is C17H24O3S. The summed E-state index contributed by atoms with van der Waals surface area (Å²) in [5.41, 5.74) is 0.734. The molecule has 0 saturated heterocycles. The third-order valence-corrected chi connectivity index (χ3v) is 4.32. The van der Waals surface area contributed by atoms with Gasteiger partial charge in [-0.1, -0.05) is 32.9 Å². The number of ketones is 1. The Morgan fingerprint density at radius 3 is 2.24 bits per heavy atom. The maximum atomic E-state index is 12.0. The number of thioether (sulfide) groups is 1. The molecule has 0 bridgehead atoms. The van der Waals surface area contributed by atoms with Crippen molar-refractivity contribution in [2.24, 2.45) is 5.92 Å². The summed E-state index contributed by atoms with van der Waals surface area (Å²) >= 11 is 1.49. The zero-order valence-electron chi connectivity index (χ0n) is 13.2. The van der Waals surface area contributed by atoms with Crippen molar-refractivity contribution < 1.29 is 14.3 Å². The standard InChI is InChI=1S/C17H24O3S/c1-5-16(17(19)20-6-2)21-14-9-7-13(8-10-14)15(18)11-12(3)4/h7-10,12,16H,5-6,11H2,1-4H3. The average molecular weight is 308 g/mol. The Balaban J connectivity index is 2.69. The van der Waals surface area contributed by atoms with Crippen LogP contribution in [-0.4, -0.2) is 23.6 Å². The fourth-order valence-electron chi connectivity index (χ4n) is 1.91. The number of hydrogen-bond donors (Lipinski definition) is 0. The molecule has 116 valence electrons. The van der Waals surface area contributed by atoms with Gasteiger partial charge in [0.2, 0.25) is 0 Å². The van der Waals surface area contributed by atoms with Gasteiger partial charge in [-0.15, -0.1) is 11.8 Å². The van der Waals surface area contributed by atoms with E-state index in [-0.39, 0.29) is 17.0 Å². The van der Waals surface area contributed by atoms with Crippen molar-refractivity contribution in [2.45, 2.75) is 50.7 Å². The summed E-state index contributed by atoms with van der Waals surface area (Å²) in [5.74, 6) is 0.351. The molecule has 1 atom stereocenters. The van der Waals surface area contributed by atoms with Gasteiger partial charge >= 0.3 is 5.97 Å². The summed E-state index contributed by atoms with van der Waals surface area (Å²) in [4.78, 5) is 24.7. The number of Topliss-reactive ketones (excluding diaryl/α,β-unsaturated/α-hetero) is 1. The Kier molecular flexibility index (Phi) is 7.51. The minimum absolute atomic E-state index is 0.166. The number of carbonyl (C=O) groups excluding carboxylic acids is 2. The van der Waals surface area contributed by atoms with Crippen molar-refractivity contribution in [3.63, 3.8) is 0 Å². The number of hydrogen-bond acceptors (Lipinski definition) is 4. The van der Waals surface area contributed by atoms with E-state index in [9.17, 15) is 9.59 Å². The van der Waals surface area contributed by atoms with E-state index in [1.807, 2.05) is 52.0 Å². The fourth-order valence-corrected chi connectivity index (χ4v) is 2.86. The minimum atomic E-state index is -0.192. The summed E-state index contributed by atoms with van der Waals surface area (Å²) in [6.07, 6.45) is 1.28. The molecule has 4 heteroatoms. The van der Waals surface area contributed by atoms with Crippen LogP contribution >= 0.6 is 11.8 Å². The quantitative estimate of drug-likeness (QED) is 0.407. The predicted octanol–water partition coefficient (Wildman–Crippen LogP) is 4.35. The molecule has 0 heterocycles. The molecule has 0 aliphatic rings. The molecule has 0 aliphatic heterocycles. The van der Waals surface area contributed by atoms with Gasteiger partial charge in [-0.2, -0.15) is 0 Å². The van der Waals surface area contributed by atoms with Gasteiger partial charge in [-0.25, -0.2) is 0 Å². The molecule has 0 saturated carbocycles. The molecule has 0 aliphatic carbocycles. The van der Waals surface area contributed by atoms with E-state index in [0.717, 1.165) is 16.9 Å². The lowest BCUT2D eigenvalue weighted by molar-refractivity contribution is -0.142. The number of esters is 1. The van der Waals surface area contributed by atoms with Crippen LogP contribution < -0.4 is 0 Å². The SMILES string of the molecule is CCOC(=O)C(CC)Sc1ccc(C(=O)CC(C)C)cc1. The molecule has 1 aromatic rings. The van der Waals surface area contributed by atoms with E-state index in [1.165, 1.54) is 11.8 Å². The van der Waals surface area contributed by atoms with Gasteiger partial charge in [0.1, 0.15) is 5.25 Å². The lowest BCUT2D eigenvalue weighted by Gasteiger charge is -2.13. The molecule has 0 aromatic heterocycles. The molecule has 0 N–H and O–H groups in total. The third kappa shape index (κ3) is 5.92. The van der Waals surface area contributed by atoms with Crippen LogP contribution in [0.4, 0.5) is 0 Å². The van der Waals surface area contributed by atoms with Crippen molar-refractivity contribution >= 4 is 23.5 Å². The van der Waals surface area contributed by atoms with Crippen molar-refractivity contribution in [1.82, 2.24) is 0 Å². The van der Waals surface area contributed by atoms with Gasteiger partial charge in [0.15, 0.2) is 5.78 Å². The highest BCUT2D eigenvalue weighted by Crippen LogP contribution is 2.27. The predicted molar refractivity (Wildman–Crippen MR) is 86.8 cm³/mol. The van der Waals surface area contributed by atoms with Gasteiger partial charge in [0, 0.05) is 16.9 Å². The normalized spacial score (nSPS) is 12.2. The van der Waals surface area contributed by atoms with Crippen LogP contribution in [0.2, 0.25) is 0 Å². The maximum absolute atomic E-state index is 12.0. The van der Waals surface area contributed by atoms with E-state index >= 15 is 0 Å². The molecule has 0 fully saturated rings. The first-order valence-corrected chi connectivity index (χ1v) is 8.32. The molecule has 0 radical (unpaired) electrons. The van der Waals surface area contributed by atoms with Crippen LogP contribution in [-0.2, 0) is 9.53 Å². The summed E-state index contributed by atoms with van der Waals surface area (Å²) in [7, 11) is 0. The highest BCUT2D eigenvalue weighted by molar-refractivity contribution is 8.00. The van der Waals surface area contributed by atoms with Crippen LogP contribution in [0.25, 0.3) is 0 Å². The second-order valence-corrected chi connectivity index (χ2v) is 6.59. The van der Waals surface area contributed by atoms with Crippen molar-refractivity contribution in [3.8, 4) is 0 Å². The van der Waals surface area contributed by atoms with E-state index in [4.69, 9.17) is 4.74 Å². The van der Waals surface area contributed by atoms with Crippen LogP contribution in [0.15, 0.2) is 29.2 Å². The largest absolute Gasteiger partial charge is 0.465 e. The zero-order valence-corrected chi connectivity index (χ0v) is 14.0. The van der Waals surface area contributed by atoms with Gasteiger partial charge < -0.3 is 4.74 Å². The third-order valence-electron chi connectivity index (χ3n) is 2.97. The van der Waals surface area contributed by atoms with E-state index in [2.05, 4.69) is 0 Å². The summed E-state index contributed by atoms with van der Waals surface area (Å²) in [6.45, 7) is 8.25. The molecular weight excluding hydrogens is 284 g/mol. The van der Waals surface area contributed by atoms with Crippen molar-refractivity contribution in [2.75, 3.05) is 6.61 Å². The van der Waals surface area contributed by atoms with Gasteiger partial charge in [-0.05, 0) is 31.4 Å². The zero-order chi connectivity index (χ0) is 15.8. The van der Waals surface area contributed by atoms with E-state index < -0.39 is 0 Å². The number of benzene rings is 1. The fraction of sp³-hybridized carbons (Fsp3) is 0.529. The van der Waals surface area contributed by atoms with Crippen LogP contribution in [0.3, 0.4) is 0 Å². The lowest BCUT2D eigenvalue weighted by atomic mass is 10.0. The monoisotopic (exact) mass is 308 g/mol. The van der Waals surface area contributed by atoms with Gasteiger partial charge in [-0.3, -0.25) is 9.59 Å². The van der Waals surface area contributed by atoms with Crippen molar-refractivity contribution in [3.05, 3.63) is 29.8 Å². The first-order chi connectivity index (χ1) is 9.97. The molecule has 1 rings (SSSR count). The molecule has 0 amide bonds. The van der Waals surface area contributed by atoms with E-state index in [1.54, 1.807) is 0 Å². The number of carbonyl (C=O) groups is 2. The Morgan fingerprint density at radius 1 is 1.14 bits per heavy atom. The van der Waals surface area contributed by atoms with Gasteiger partial charge in [0.05, 0.1) is 6.61 Å². The smallest absolute Gasteiger partial charge is 0.319 e. The molecule has 21 heavy (non-hydrogen) atoms. The van der Waals surface area contributed by atoms with Gasteiger partial charge in [0.25, 0.3) is 0 Å². The highest BCUT2D eigenvalue weighted by atomic mass is 32.2. The molecule has 3 nitrogen and oxygen atoms in total. The minimum Gasteiger partial charge on any atom is -0.465 e. The number of rotatable bonds is 8. The maximum Gasteiger partial charge on any atom is 0.319 e. The summed E-state index contributed by atoms with van der Waals surface area (Å²) < 4.78 is 5.06. The van der Waals surface area contributed by atoms with Crippen molar-refractivity contribution in [1.29, 1.82) is 0 Å². The van der Waals surface area contributed by atoms with Crippen LogP contribution in [0, 0.1) is 5.92 Å². The second kappa shape index (κ2) is 8.88. The Morgan fingerprint density at radius 2 is 1.76 bits per heavy atom. The second-order valence-electron chi connectivity index (χ2n) is 5.31. The Labute approximate surface area is 131 Å². The van der Waals surface area contributed by atoms with Crippen LogP contribution in [0.5, 0.6) is 0 Å². The lowest BCUT2D eigenvalue weighted by Crippen LogP contribution is -2.19. The summed E-state index contributed by atoms with van der Waals surface area (Å²) in [5, 5.41) is -0.192. The molecule has 1 aromatic carbocycles. The number of ether oxygens (including phenoxy) is 1. The Hall–Kier alpha value is -1.29. The average Bonchev–Trinajstić information content (AvgIpc) is 2.44. The first-order valence-electron chi connectivity index (χ1n) is 7.44. The van der Waals surface area contributed by atoms with Crippen LogP contribution in [0.1, 0.15) is 50.9 Å². The molecule has 1 unspecified atom stereocenters. The first kappa shape index (κ1) is 17.8. The topological polar surface area (TPSA) is 43.4 Å². The highest BCUT2D eigenvalue weighted by Gasteiger charge is 2.19. The molecule has 0 spiro atoms. The Bertz CT molecular complexity index is 465.